The van der Waals surface area contributed by atoms with E-state index < -0.39 is 0 Å². The normalized spacial score (nSPS) is 13.4. The zero-order chi connectivity index (χ0) is 20.7. The summed E-state index contributed by atoms with van der Waals surface area (Å²) in [6.07, 6.45) is 5.59. The molecule has 7 heteroatoms. The number of rotatable bonds is 5. The van der Waals surface area contributed by atoms with E-state index in [4.69, 9.17) is 14.2 Å². The number of fused-ring (bicyclic) bond motifs is 2. The van der Waals surface area contributed by atoms with E-state index >= 15 is 0 Å². The van der Waals surface area contributed by atoms with Crippen molar-refractivity contribution in [1.82, 2.24) is 14.9 Å². The van der Waals surface area contributed by atoms with Gasteiger partial charge in [0.05, 0.1) is 25.3 Å². The van der Waals surface area contributed by atoms with Gasteiger partial charge in [0, 0.05) is 35.3 Å². The van der Waals surface area contributed by atoms with Crippen molar-refractivity contribution in [2.45, 2.75) is 18.9 Å². The lowest BCUT2D eigenvalue weighted by molar-refractivity contribution is 0.243. The van der Waals surface area contributed by atoms with Crippen LogP contribution in [0.2, 0.25) is 0 Å². The SMILES string of the molecule is COc1cc2nccc(Oc3ccc4c(ccn4C(=O)NC4CC4)c3)c2cc1OC. The summed E-state index contributed by atoms with van der Waals surface area (Å²) in [5, 5.41) is 4.75. The molecule has 1 aliphatic rings. The Morgan fingerprint density at radius 3 is 2.60 bits per heavy atom. The lowest BCUT2D eigenvalue weighted by atomic mass is 10.1. The Morgan fingerprint density at radius 2 is 1.83 bits per heavy atom. The summed E-state index contributed by atoms with van der Waals surface area (Å²) in [6, 6.07) is 13.3. The molecule has 1 saturated carbocycles. The molecular formula is C23H21N3O4. The molecule has 2 aromatic carbocycles. The van der Waals surface area contributed by atoms with Gasteiger partial charge in [0.2, 0.25) is 0 Å². The first-order chi connectivity index (χ1) is 14.7. The minimum absolute atomic E-state index is 0.0951. The van der Waals surface area contributed by atoms with Gasteiger partial charge in [0.15, 0.2) is 11.5 Å². The molecule has 1 aliphatic carbocycles. The highest BCUT2D eigenvalue weighted by atomic mass is 16.5. The summed E-state index contributed by atoms with van der Waals surface area (Å²) >= 11 is 0. The molecule has 1 N–H and O–H groups in total. The first-order valence-corrected chi connectivity index (χ1v) is 9.77. The molecule has 0 aliphatic heterocycles. The Bertz CT molecular complexity index is 1260. The van der Waals surface area contributed by atoms with Crippen LogP contribution in [0.25, 0.3) is 21.8 Å². The van der Waals surface area contributed by atoms with Crippen LogP contribution in [-0.2, 0) is 0 Å². The maximum Gasteiger partial charge on any atom is 0.326 e. The number of carbonyl (C=O) groups excluding carboxylic acids is 1. The van der Waals surface area contributed by atoms with Crippen LogP contribution in [0.3, 0.4) is 0 Å². The minimum atomic E-state index is -0.0951. The van der Waals surface area contributed by atoms with Crippen LogP contribution in [0.4, 0.5) is 4.79 Å². The van der Waals surface area contributed by atoms with E-state index in [9.17, 15) is 4.79 Å². The molecular weight excluding hydrogens is 382 g/mol. The number of hydrogen-bond donors (Lipinski definition) is 1. The zero-order valence-corrected chi connectivity index (χ0v) is 16.7. The number of ether oxygens (including phenoxy) is 3. The predicted molar refractivity (Wildman–Crippen MR) is 114 cm³/mol. The van der Waals surface area contributed by atoms with Gasteiger partial charge in [0.1, 0.15) is 11.5 Å². The highest BCUT2D eigenvalue weighted by Gasteiger charge is 2.24. The molecule has 0 atom stereocenters. The highest BCUT2D eigenvalue weighted by molar-refractivity contribution is 5.93. The van der Waals surface area contributed by atoms with Crippen LogP contribution in [0.1, 0.15) is 12.8 Å². The minimum Gasteiger partial charge on any atom is -0.493 e. The van der Waals surface area contributed by atoms with Crippen molar-refractivity contribution in [3.8, 4) is 23.0 Å². The van der Waals surface area contributed by atoms with Gasteiger partial charge in [-0.1, -0.05) is 0 Å². The second-order valence-electron chi connectivity index (χ2n) is 7.27. The summed E-state index contributed by atoms with van der Waals surface area (Å²) < 4.78 is 18.6. The van der Waals surface area contributed by atoms with Crippen LogP contribution in [0, 0.1) is 0 Å². The Hall–Kier alpha value is -3.74. The average molecular weight is 403 g/mol. The third kappa shape index (κ3) is 3.28. The average Bonchev–Trinajstić information content (AvgIpc) is 3.48. The Morgan fingerprint density at radius 1 is 1.03 bits per heavy atom. The number of carbonyl (C=O) groups is 1. The molecule has 1 fully saturated rings. The van der Waals surface area contributed by atoms with E-state index in [1.54, 1.807) is 31.2 Å². The smallest absolute Gasteiger partial charge is 0.326 e. The third-order valence-corrected chi connectivity index (χ3v) is 5.22. The first-order valence-electron chi connectivity index (χ1n) is 9.77. The van der Waals surface area contributed by atoms with Crippen molar-refractivity contribution >= 4 is 27.8 Å². The topological polar surface area (TPSA) is 74.6 Å². The Labute approximate surface area is 173 Å². The van der Waals surface area contributed by atoms with Crippen LogP contribution in [0.5, 0.6) is 23.0 Å². The Balaban J connectivity index is 1.48. The fourth-order valence-corrected chi connectivity index (χ4v) is 3.50. The molecule has 2 heterocycles. The van der Waals surface area contributed by atoms with Gasteiger partial charge in [-0.15, -0.1) is 0 Å². The number of nitrogens with zero attached hydrogens (tertiary/aromatic N) is 2. The molecule has 2 aromatic heterocycles. The summed E-state index contributed by atoms with van der Waals surface area (Å²) in [5.41, 5.74) is 1.58. The lowest BCUT2D eigenvalue weighted by Crippen LogP contribution is -2.29. The number of hydrogen-bond acceptors (Lipinski definition) is 5. The fraction of sp³-hybridized carbons (Fsp3) is 0.217. The van der Waals surface area contributed by atoms with E-state index in [1.807, 2.05) is 42.5 Å². The molecule has 152 valence electrons. The van der Waals surface area contributed by atoms with E-state index in [0.717, 1.165) is 34.6 Å². The van der Waals surface area contributed by atoms with Gasteiger partial charge in [-0.2, -0.15) is 0 Å². The maximum absolute atomic E-state index is 12.4. The number of benzene rings is 2. The lowest BCUT2D eigenvalue weighted by Gasteiger charge is -2.12. The quantitative estimate of drug-likeness (QED) is 0.522. The van der Waals surface area contributed by atoms with Crippen LogP contribution < -0.4 is 19.5 Å². The summed E-state index contributed by atoms with van der Waals surface area (Å²) in [4.78, 5) is 16.8. The van der Waals surface area contributed by atoms with E-state index in [2.05, 4.69) is 10.3 Å². The maximum atomic E-state index is 12.4. The van der Waals surface area contributed by atoms with Gasteiger partial charge in [-0.25, -0.2) is 4.79 Å². The number of pyridine rings is 1. The molecule has 7 nitrogen and oxygen atoms in total. The Kier molecular flexibility index (Phi) is 4.43. The molecule has 30 heavy (non-hydrogen) atoms. The molecule has 1 amide bonds. The summed E-state index contributed by atoms with van der Waals surface area (Å²) in [7, 11) is 3.19. The predicted octanol–water partition coefficient (Wildman–Crippen LogP) is 4.72. The van der Waals surface area contributed by atoms with E-state index in [1.165, 1.54) is 0 Å². The third-order valence-electron chi connectivity index (χ3n) is 5.22. The largest absolute Gasteiger partial charge is 0.493 e. The van der Waals surface area contributed by atoms with Crippen molar-refractivity contribution in [2.75, 3.05) is 14.2 Å². The second-order valence-corrected chi connectivity index (χ2v) is 7.27. The molecule has 4 aromatic rings. The van der Waals surface area contributed by atoms with Crippen LogP contribution in [-0.4, -0.2) is 35.8 Å². The monoisotopic (exact) mass is 403 g/mol. The van der Waals surface area contributed by atoms with Crippen LogP contribution >= 0.6 is 0 Å². The standard InChI is InChI=1S/C23H21N3O4/c1-28-21-12-17-18(13-22(21)29-2)24-9-7-20(17)30-16-5-6-19-14(11-16)8-10-26(19)23(27)25-15-3-4-15/h5-13,15H,3-4H2,1-2H3,(H,25,27). The van der Waals surface area contributed by atoms with E-state index in [-0.39, 0.29) is 6.03 Å². The molecule has 0 bridgehead atoms. The number of amides is 1. The van der Waals surface area contributed by atoms with Crippen molar-refractivity contribution in [2.24, 2.45) is 0 Å². The summed E-state index contributed by atoms with van der Waals surface area (Å²) in [6.45, 7) is 0. The fourth-order valence-electron chi connectivity index (χ4n) is 3.50. The molecule has 0 saturated heterocycles. The number of nitrogens with one attached hydrogen (secondary N) is 1. The van der Waals surface area contributed by atoms with Crippen molar-refractivity contribution in [3.63, 3.8) is 0 Å². The molecule has 5 rings (SSSR count). The second kappa shape index (κ2) is 7.26. The van der Waals surface area contributed by atoms with Gasteiger partial charge in [-0.05, 0) is 49.2 Å². The molecule has 0 radical (unpaired) electrons. The van der Waals surface area contributed by atoms with E-state index in [0.29, 0.717) is 29.0 Å². The zero-order valence-electron chi connectivity index (χ0n) is 16.7. The molecule has 0 spiro atoms. The van der Waals surface area contributed by atoms with Crippen molar-refractivity contribution in [3.05, 3.63) is 54.9 Å². The van der Waals surface area contributed by atoms with Crippen molar-refractivity contribution in [1.29, 1.82) is 0 Å². The van der Waals surface area contributed by atoms with Crippen LogP contribution in [0.15, 0.2) is 54.9 Å². The first kappa shape index (κ1) is 18.3. The van der Waals surface area contributed by atoms with Gasteiger partial charge >= 0.3 is 6.03 Å². The summed E-state index contributed by atoms with van der Waals surface area (Å²) in [5.74, 6) is 2.55. The van der Waals surface area contributed by atoms with Gasteiger partial charge in [-0.3, -0.25) is 9.55 Å². The van der Waals surface area contributed by atoms with Crippen molar-refractivity contribution < 1.29 is 19.0 Å². The number of methoxy groups -OCH3 is 2. The number of aromatic nitrogens is 2. The van der Waals surface area contributed by atoms with Gasteiger partial charge < -0.3 is 19.5 Å². The van der Waals surface area contributed by atoms with Gasteiger partial charge in [0.25, 0.3) is 0 Å². The molecule has 0 unspecified atom stereocenters. The highest BCUT2D eigenvalue weighted by Crippen LogP contribution is 2.37.